The molecule has 1 heterocycles. The predicted octanol–water partition coefficient (Wildman–Crippen LogP) is 6.05. The second-order valence-electron chi connectivity index (χ2n) is 14.5. The Hall–Kier alpha value is -1.67. The van der Waals surface area contributed by atoms with Crippen LogP contribution in [0.2, 0.25) is 0 Å². The van der Waals surface area contributed by atoms with E-state index in [4.69, 9.17) is 9.47 Å². The summed E-state index contributed by atoms with van der Waals surface area (Å²) in [7, 11) is 0. The molecule has 8 nitrogen and oxygen atoms in total. The number of carboxylic acid groups (broad SMARTS) is 1. The first kappa shape index (κ1) is 37.5. The number of unbranched alkanes of at least 4 members (excludes halogenated alkanes) is 11. The minimum absolute atomic E-state index is 0.00587. The van der Waals surface area contributed by atoms with Crippen LogP contribution >= 0.6 is 0 Å². The molecule has 1 aliphatic carbocycles. The van der Waals surface area contributed by atoms with Crippen LogP contribution in [0, 0.1) is 23.2 Å². The van der Waals surface area contributed by atoms with Gasteiger partial charge in [0.25, 0.3) is 0 Å². The van der Waals surface area contributed by atoms with Crippen LogP contribution < -0.4 is 15.7 Å². The normalized spacial score (nSPS) is 24.6. The van der Waals surface area contributed by atoms with Gasteiger partial charge in [-0.3, -0.25) is 9.59 Å². The third kappa shape index (κ3) is 13.9. The summed E-state index contributed by atoms with van der Waals surface area (Å²) in [6.45, 7) is 12.0. The maximum absolute atomic E-state index is 13.0. The van der Waals surface area contributed by atoms with E-state index in [2.05, 4.69) is 17.6 Å². The molecule has 1 aliphatic heterocycles. The number of rotatable bonds is 20. The van der Waals surface area contributed by atoms with E-state index < -0.39 is 29.2 Å². The average molecular weight is 608 g/mol. The Morgan fingerprint density at radius 2 is 1.37 bits per heavy atom. The molecule has 43 heavy (non-hydrogen) atoms. The van der Waals surface area contributed by atoms with Gasteiger partial charge in [0.15, 0.2) is 5.79 Å². The van der Waals surface area contributed by atoms with Crippen molar-refractivity contribution in [2.24, 2.45) is 23.2 Å². The molecule has 2 fully saturated rings. The lowest BCUT2D eigenvalue weighted by atomic mass is 9.77. The van der Waals surface area contributed by atoms with Crippen molar-refractivity contribution in [3.8, 4) is 0 Å². The van der Waals surface area contributed by atoms with E-state index in [1.807, 2.05) is 20.8 Å². The second-order valence-corrected chi connectivity index (χ2v) is 14.5. The SMILES string of the molecule is CCCCCCCCCCCCCCC(C)C(=O)NC1CCC(C(CNC(=O)C2OC(C)(C)OCC2(C)C)C(=O)[O-])CC1. The third-order valence-corrected chi connectivity index (χ3v) is 9.57. The fourth-order valence-corrected chi connectivity index (χ4v) is 6.50. The zero-order valence-electron chi connectivity index (χ0n) is 28.3. The van der Waals surface area contributed by atoms with E-state index >= 15 is 0 Å². The van der Waals surface area contributed by atoms with E-state index in [0.29, 0.717) is 19.4 Å². The molecule has 0 radical (unpaired) electrons. The molecule has 1 saturated carbocycles. The zero-order valence-corrected chi connectivity index (χ0v) is 28.3. The van der Waals surface area contributed by atoms with Crippen molar-refractivity contribution in [3.05, 3.63) is 0 Å². The lowest BCUT2D eigenvalue weighted by molar-refractivity contribution is -0.313. The Morgan fingerprint density at radius 3 is 1.91 bits per heavy atom. The molecule has 2 N–H and O–H groups in total. The summed E-state index contributed by atoms with van der Waals surface area (Å²) < 4.78 is 11.6. The number of carboxylic acids is 1. The summed E-state index contributed by atoms with van der Waals surface area (Å²) in [6, 6.07) is 0.0730. The third-order valence-electron chi connectivity index (χ3n) is 9.57. The molecule has 1 saturated heterocycles. The molecule has 3 unspecified atom stereocenters. The molecular formula is C35H63N2O6-. The minimum Gasteiger partial charge on any atom is -0.550 e. The Bertz CT molecular complexity index is 836. The van der Waals surface area contributed by atoms with Crippen LogP contribution in [0.5, 0.6) is 0 Å². The monoisotopic (exact) mass is 607 g/mol. The van der Waals surface area contributed by atoms with Gasteiger partial charge in [0, 0.05) is 35.8 Å². The van der Waals surface area contributed by atoms with Crippen LogP contribution in [0.25, 0.3) is 0 Å². The minimum atomic E-state index is -1.14. The molecule has 0 aromatic carbocycles. The topological polar surface area (TPSA) is 117 Å². The van der Waals surface area contributed by atoms with E-state index in [1.54, 1.807) is 13.8 Å². The largest absolute Gasteiger partial charge is 0.550 e. The van der Waals surface area contributed by atoms with Gasteiger partial charge in [-0.15, -0.1) is 0 Å². The van der Waals surface area contributed by atoms with Crippen LogP contribution in [0.3, 0.4) is 0 Å². The predicted molar refractivity (Wildman–Crippen MR) is 169 cm³/mol. The molecule has 2 amide bonds. The number of carbonyl (C=O) groups is 3. The first-order valence-electron chi connectivity index (χ1n) is 17.5. The molecule has 8 heteroatoms. The lowest BCUT2D eigenvalue weighted by Gasteiger charge is -2.45. The first-order valence-corrected chi connectivity index (χ1v) is 17.5. The lowest BCUT2D eigenvalue weighted by Crippen LogP contribution is -2.57. The van der Waals surface area contributed by atoms with Gasteiger partial charge in [0.05, 0.1) is 6.61 Å². The van der Waals surface area contributed by atoms with Gasteiger partial charge in [-0.05, 0) is 51.9 Å². The number of carbonyl (C=O) groups excluding carboxylic acids is 3. The Kier molecular flexibility index (Phi) is 16.6. The summed E-state index contributed by atoms with van der Waals surface area (Å²) in [5.41, 5.74) is -0.531. The van der Waals surface area contributed by atoms with Crippen molar-refractivity contribution in [2.75, 3.05) is 13.2 Å². The smallest absolute Gasteiger partial charge is 0.249 e. The van der Waals surface area contributed by atoms with Gasteiger partial charge in [0.1, 0.15) is 6.10 Å². The van der Waals surface area contributed by atoms with E-state index in [-0.39, 0.29) is 36.2 Å². The van der Waals surface area contributed by atoms with Gasteiger partial charge >= 0.3 is 0 Å². The molecule has 3 atom stereocenters. The van der Waals surface area contributed by atoms with Crippen LogP contribution in [-0.2, 0) is 23.9 Å². The molecule has 250 valence electrons. The van der Waals surface area contributed by atoms with Crippen molar-refractivity contribution in [3.63, 3.8) is 0 Å². The fraction of sp³-hybridized carbons (Fsp3) is 0.914. The zero-order chi connectivity index (χ0) is 31.9. The Labute approximate surface area is 262 Å². The highest BCUT2D eigenvalue weighted by molar-refractivity contribution is 5.82. The van der Waals surface area contributed by atoms with Gasteiger partial charge in [-0.1, -0.05) is 105 Å². The van der Waals surface area contributed by atoms with Crippen molar-refractivity contribution in [2.45, 2.75) is 169 Å². The first-order chi connectivity index (χ1) is 20.4. The molecule has 2 rings (SSSR count). The number of aliphatic carboxylic acids is 1. The van der Waals surface area contributed by atoms with Crippen LogP contribution in [0.4, 0.5) is 0 Å². The second kappa shape index (κ2) is 19.0. The van der Waals surface area contributed by atoms with Crippen LogP contribution in [0.15, 0.2) is 0 Å². The van der Waals surface area contributed by atoms with Gasteiger partial charge < -0.3 is 30.0 Å². The average Bonchev–Trinajstić information content (AvgIpc) is 2.95. The number of hydrogen-bond acceptors (Lipinski definition) is 6. The highest BCUT2D eigenvalue weighted by Crippen LogP contribution is 2.35. The molecule has 0 aromatic heterocycles. The molecule has 0 spiro atoms. The summed E-state index contributed by atoms with van der Waals surface area (Å²) in [5.74, 6) is -3.12. The summed E-state index contributed by atoms with van der Waals surface area (Å²) in [6.07, 6.45) is 18.8. The standard InChI is InChI=1S/C35H64N2O6/c1-7-8-9-10-11-12-13-14-15-16-17-18-19-26(2)31(38)37-28-22-20-27(21-23-28)29(33(40)41)24-36-32(39)30-34(3,4)25-42-35(5,6)43-30/h26-30H,7-25H2,1-6H3,(H,36,39)(H,37,38)(H,40,41)/p-1. The van der Waals surface area contributed by atoms with Crippen LogP contribution in [-0.4, -0.2) is 48.9 Å². The van der Waals surface area contributed by atoms with Gasteiger partial charge in [-0.2, -0.15) is 0 Å². The van der Waals surface area contributed by atoms with Gasteiger partial charge in [-0.25, -0.2) is 0 Å². The van der Waals surface area contributed by atoms with E-state index in [1.165, 1.54) is 70.6 Å². The van der Waals surface area contributed by atoms with Gasteiger partial charge in [0.2, 0.25) is 11.8 Å². The maximum Gasteiger partial charge on any atom is 0.249 e. The van der Waals surface area contributed by atoms with E-state index in [9.17, 15) is 19.5 Å². The molecule has 0 bridgehead atoms. The fourth-order valence-electron chi connectivity index (χ4n) is 6.50. The van der Waals surface area contributed by atoms with Crippen molar-refractivity contribution in [1.29, 1.82) is 0 Å². The number of nitrogens with one attached hydrogen (secondary N) is 2. The maximum atomic E-state index is 13.0. The molecular weight excluding hydrogens is 544 g/mol. The van der Waals surface area contributed by atoms with Crippen molar-refractivity contribution >= 4 is 17.8 Å². The Balaban J connectivity index is 1.63. The number of hydrogen-bond donors (Lipinski definition) is 2. The van der Waals surface area contributed by atoms with Crippen molar-refractivity contribution < 1.29 is 29.0 Å². The van der Waals surface area contributed by atoms with Crippen molar-refractivity contribution in [1.82, 2.24) is 10.6 Å². The quantitative estimate of drug-likeness (QED) is 0.163. The summed E-state index contributed by atoms with van der Waals surface area (Å²) in [5, 5.41) is 18.1. The van der Waals surface area contributed by atoms with E-state index in [0.717, 1.165) is 25.7 Å². The number of ether oxygens (including phenoxy) is 2. The highest BCUT2D eigenvalue weighted by atomic mass is 16.7. The van der Waals surface area contributed by atoms with Crippen LogP contribution in [0.1, 0.15) is 151 Å². The molecule has 2 aliphatic rings. The Morgan fingerprint density at radius 1 is 0.837 bits per heavy atom. The molecule has 0 aromatic rings. The summed E-state index contributed by atoms with van der Waals surface area (Å²) >= 11 is 0. The summed E-state index contributed by atoms with van der Waals surface area (Å²) in [4.78, 5) is 37.8. The highest BCUT2D eigenvalue weighted by Gasteiger charge is 2.46. The number of amides is 2.